The summed E-state index contributed by atoms with van der Waals surface area (Å²) < 4.78 is 0. The molecule has 0 atom stereocenters. The van der Waals surface area contributed by atoms with Crippen LogP contribution < -0.4 is 0 Å². The van der Waals surface area contributed by atoms with Crippen LogP contribution in [0.4, 0.5) is 0 Å². The molecule has 0 aromatic carbocycles. The van der Waals surface area contributed by atoms with Gasteiger partial charge in [0.1, 0.15) is 0 Å². The summed E-state index contributed by atoms with van der Waals surface area (Å²) >= 11 is 0. The van der Waals surface area contributed by atoms with Gasteiger partial charge >= 0.3 is 0 Å². The van der Waals surface area contributed by atoms with E-state index in [2.05, 4.69) is 13.8 Å². The van der Waals surface area contributed by atoms with Crippen LogP contribution in [0.25, 0.3) is 0 Å². The Bertz CT molecular complexity index is 514. The zero-order valence-electron chi connectivity index (χ0n) is 23.8. The van der Waals surface area contributed by atoms with E-state index >= 15 is 0 Å². The highest BCUT2D eigenvalue weighted by Gasteiger charge is 2.47. The molecule has 3 fully saturated rings. The lowest BCUT2D eigenvalue weighted by atomic mass is 9.97. The zero-order valence-corrected chi connectivity index (χ0v) is 23.8. The van der Waals surface area contributed by atoms with Gasteiger partial charge in [0.15, 0.2) is 0 Å². The van der Waals surface area contributed by atoms with Crippen molar-refractivity contribution in [3.63, 3.8) is 0 Å². The molecule has 212 valence electrons. The molecular weight excluding hydrogens is 456 g/mol. The van der Waals surface area contributed by atoms with Crippen LogP contribution in [0, 0.1) is 5.92 Å². The molecule has 0 amide bonds. The van der Waals surface area contributed by atoms with Crippen molar-refractivity contribution in [1.82, 2.24) is 0 Å². The lowest BCUT2D eigenvalue weighted by Crippen LogP contribution is -2.42. The molecular formula is C30H56O6. The minimum atomic E-state index is -1.03. The van der Waals surface area contributed by atoms with E-state index in [0.29, 0.717) is 12.3 Å². The molecule has 6 nitrogen and oxygen atoms in total. The zero-order chi connectivity index (χ0) is 25.6. The second kappa shape index (κ2) is 16.0. The second-order valence-corrected chi connectivity index (χ2v) is 12.4. The van der Waals surface area contributed by atoms with Gasteiger partial charge in [0.05, 0.1) is 0 Å². The maximum Gasteiger partial charge on any atom is 0.234 e. The fourth-order valence-corrected chi connectivity index (χ4v) is 5.97. The molecule has 6 heteroatoms. The molecule has 2 saturated carbocycles. The largest absolute Gasteiger partial charge is 0.234 e. The Kier molecular flexibility index (Phi) is 13.5. The smallest absolute Gasteiger partial charge is 0.195 e. The van der Waals surface area contributed by atoms with Crippen LogP contribution in [0.3, 0.4) is 0 Å². The third-order valence-electron chi connectivity index (χ3n) is 8.09. The molecule has 0 radical (unpaired) electrons. The van der Waals surface area contributed by atoms with Crippen molar-refractivity contribution in [1.29, 1.82) is 0 Å². The SMILES string of the molecule is CC(C)CC1(C)OOC2(CCCCCCCCCCC2)OOC2(CCCCCCCCCCC2)OO1. The summed E-state index contributed by atoms with van der Waals surface area (Å²) in [7, 11) is 0. The summed E-state index contributed by atoms with van der Waals surface area (Å²) in [5.41, 5.74) is 0. The number of hydrogen-bond donors (Lipinski definition) is 0. The van der Waals surface area contributed by atoms with Crippen LogP contribution in [0.2, 0.25) is 0 Å². The molecule has 2 spiro atoms. The Balaban J connectivity index is 1.82. The fourth-order valence-electron chi connectivity index (χ4n) is 5.97. The van der Waals surface area contributed by atoms with Crippen LogP contribution in [0.1, 0.15) is 168 Å². The van der Waals surface area contributed by atoms with Gasteiger partial charge in [-0.05, 0) is 38.5 Å². The summed E-state index contributed by atoms with van der Waals surface area (Å²) in [5.74, 6) is -2.56. The Morgan fingerprint density at radius 2 is 0.667 bits per heavy atom. The van der Waals surface area contributed by atoms with E-state index in [0.717, 1.165) is 51.4 Å². The lowest BCUT2D eigenvalue weighted by Gasteiger charge is -2.35. The summed E-state index contributed by atoms with van der Waals surface area (Å²) in [4.78, 5) is 37.4. The van der Waals surface area contributed by atoms with Crippen LogP contribution in [0.15, 0.2) is 0 Å². The van der Waals surface area contributed by atoms with Crippen LogP contribution in [-0.4, -0.2) is 17.4 Å². The van der Waals surface area contributed by atoms with E-state index in [-0.39, 0.29) is 0 Å². The Hall–Kier alpha value is -0.240. The first kappa shape index (κ1) is 30.3. The van der Waals surface area contributed by atoms with E-state index in [1.807, 2.05) is 6.92 Å². The van der Waals surface area contributed by atoms with Crippen molar-refractivity contribution >= 4 is 0 Å². The molecule has 0 unspecified atom stereocenters. The maximum atomic E-state index is 6.36. The first-order valence-electron chi connectivity index (χ1n) is 15.6. The van der Waals surface area contributed by atoms with Gasteiger partial charge in [-0.3, -0.25) is 0 Å². The molecule has 36 heavy (non-hydrogen) atoms. The van der Waals surface area contributed by atoms with E-state index in [1.165, 1.54) is 89.9 Å². The molecule has 0 N–H and O–H groups in total. The van der Waals surface area contributed by atoms with E-state index in [1.54, 1.807) is 0 Å². The monoisotopic (exact) mass is 512 g/mol. The standard InChI is InChI=1S/C30H56O6/c1-27(2)26-28(3)31-33-29(22-18-14-10-6-4-7-11-15-19-23-29)35-36-30(34-32-28)24-20-16-12-8-5-9-13-17-21-25-30/h27H,4-26H2,1-3H3. The minimum Gasteiger partial charge on any atom is -0.195 e. The minimum absolute atomic E-state index is 0.351. The van der Waals surface area contributed by atoms with Gasteiger partial charge in [0.25, 0.3) is 0 Å². The molecule has 0 bridgehead atoms. The first-order chi connectivity index (χ1) is 17.5. The highest BCUT2D eigenvalue weighted by Crippen LogP contribution is 2.40. The van der Waals surface area contributed by atoms with Crippen molar-refractivity contribution in [2.75, 3.05) is 0 Å². The quantitative estimate of drug-likeness (QED) is 0.343. The predicted molar refractivity (Wildman–Crippen MR) is 141 cm³/mol. The van der Waals surface area contributed by atoms with Crippen molar-refractivity contribution in [3.05, 3.63) is 0 Å². The van der Waals surface area contributed by atoms with Gasteiger partial charge in [-0.1, -0.05) is 104 Å². The van der Waals surface area contributed by atoms with Gasteiger partial charge in [-0.25, -0.2) is 0 Å². The Morgan fingerprint density at radius 1 is 0.417 bits per heavy atom. The predicted octanol–water partition coefficient (Wildman–Crippen LogP) is 9.61. The molecule has 1 aliphatic heterocycles. The van der Waals surface area contributed by atoms with Gasteiger partial charge in [0, 0.05) is 32.1 Å². The summed E-state index contributed by atoms with van der Waals surface area (Å²) in [6.07, 6.45) is 25.5. The average molecular weight is 513 g/mol. The molecule has 0 aromatic heterocycles. The van der Waals surface area contributed by atoms with Crippen molar-refractivity contribution in [2.24, 2.45) is 5.92 Å². The van der Waals surface area contributed by atoms with Crippen molar-refractivity contribution in [3.8, 4) is 0 Å². The first-order valence-corrected chi connectivity index (χ1v) is 15.6. The second-order valence-electron chi connectivity index (χ2n) is 12.4. The van der Waals surface area contributed by atoms with Gasteiger partial charge < -0.3 is 0 Å². The van der Waals surface area contributed by atoms with Gasteiger partial charge in [-0.15, -0.1) is 0 Å². The van der Waals surface area contributed by atoms with E-state index in [4.69, 9.17) is 29.3 Å². The summed E-state index contributed by atoms with van der Waals surface area (Å²) in [5, 5.41) is 0. The Labute approximate surface area is 221 Å². The van der Waals surface area contributed by atoms with Gasteiger partial charge in [-0.2, -0.15) is 29.3 Å². The molecule has 1 heterocycles. The fraction of sp³-hybridized carbons (Fsp3) is 1.00. The molecule has 1 saturated heterocycles. The van der Waals surface area contributed by atoms with E-state index < -0.39 is 17.4 Å². The maximum absolute atomic E-state index is 6.36. The normalized spacial score (nSPS) is 30.7. The topological polar surface area (TPSA) is 55.4 Å². The van der Waals surface area contributed by atoms with Crippen LogP contribution >= 0.6 is 0 Å². The third-order valence-corrected chi connectivity index (χ3v) is 8.09. The highest BCUT2D eigenvalue weighted by molar-refractivity contribution is 4.74. The van der Waals surface area contributed by atoms with Crippen molar-refractivity contribution < 1.29 is 29.3 Å². The highest BCUT2D eigenvalue weighted by atomic mass is 17.4. The van der Waals surface area contributed by atoms with Crippen LogP contribution in [-0.2, 0) is 29.3 Å². The summed E-state index contributed by atoms with van der Waals surface area (Å²) in [6, 6.07) is 0. The lowest BCUT2D eigenvalue weighted by molar-refractivity contribution is -0.552. The molecule has 3 rings (SSSR count). The van der Waals surface area contributed by atoms with Crippen molar-refractivity contribution in [2.45, 2.75) is 186 Å². The Morgan fingerprint density at radius 3 is 0.944 bits per heavy atom. The molecule has 2 aliphatic carbocycles. The number of rotatable bonds is 2. The molecule has 0 aromatic rings. The average Bonchev–Trinajstić information content (AvgIpc) is 2.88. The summed E-state index contributed by atoms with van der Waals surface area (Å²) in [6.45, 7) is 6.24. The number of hydrogen-bond acceptors (Lipinski definition) is 6. The van der Waals surface area contributed by atoms with Gasteiger partial charge in [0.2, 0.25) is 17.4 Å². The van der Waals surface area contributed by atoms with Crippen LogP contribution in [0.5, 0.6) is 0 Å². The van der Waals surface area contributed by atoms with E-state index in [9.17, 15) is 0 Å². The molecule has 3 aliphatic rings. The third kappa shape index (κ3) is 10.9.